The summed E-state index contributed by atoms with van der Waals surface area (Å²) in [7, 11) is 3.11. The third-order valence-corrected chi connectivity index (χ3v) is 3.43. The van der Waals surface area contributed by atoms with E-state index in [0.717, 1.165) is 5.56 Å². The second kappa shape index (κ2) is 7.85. The van der Waals surface area contributed by atoms with Gasteiger partial charge in [-0.3, -0.25) is 4.79 Å². The highest BCUT2D eigenvalue weighted by Crippen LogP contribution is 2.27. The van der Waals surface area contributed by atoms with E-state index in [1.807, 2.05) is 18.2 Å². The Hall–Kier alpha value is -3.00. The maximum atomic E-state index is 12.3. The lowest BCUT2D eigenvalue weighted by Crippen LogP contribution is -2.23. The van der Waals surface area contributed by atoms with E-state index in [2.05, 4.69) is 11.4 Å². The van der Waals surface area contributed by atoms with Crippen LogP contribution in [-0.4, -0.2) is 20.1 Å². The fourth-order valence-corrected chi connectivity index (χ4v) is 2.19. The molecule has 1 amide bonds. The van der Waals surface area contributed by atoms with Crippen molar-refractivity contribution in [1.29, 1.82) is 5.26 Å². The third kappa shape index (κ3) is 4.24. The first-order chi connectivity index (χ1) is 11.2. The van der Waals surface area contributed by atoms with E-state index in [4.69, 9.17) is 9.47 Å². The van der Waals surface area contributed by atoms with Crippen LogP contribution in [0, 0.1) is 17.2 Å². The molecule has 0 aliphatic rings. The number of carbonyl (C=O) groups excluding carboxylic acids is 1. The number of ether oxygens (including phenoxy) is 2. The highest BCUT2D eigenvalue weighted by atomic mass is 16.5. The zero-order chi connectivity index (χ0) is 16.7. The van der Waals surface area contributed by atoms with Gasteiger partial charge in [-0.15, -0.1) is 0 Å². The minimum absolute atomic E-state index is 0.266. The Labute approximate surface area is 135 Å². The molecule has 0 aromatic heterocycles. The number of nitriles is 1. The molecule has 0 heterocycles. The Balaban J connectivity index is 2.13. The summed E-state index contributed by atoms with van der Waals surface area (Å²) >= 11 is 0. The normalized spacial score (nSPS) is 11.2. The van der Waals surface area contributed by atoms with Gasteiger partial charge in [0.25, 0.3) is 0 Å². The molecule has 2 aromatic carbocycles. The van der Waals surface area contributed by atoms with E-state index < -0.39 is 5.92 Å². The van der Waals surface area contributed by atoms with Gasteiger partial charge in [-0.2, -0.15) is 5.26 Å². The second-order valence-corrected chi connectivity index (χ2v) is 4.92. The van der Waals surface area contributed by atoms with Crippen LogP contribution in [0.3, 0.4) is 0 Å². The molecule has 0 saturated heterocycles. The Morgan fingerprint density at radius 1 is 1.17 bits per heavy atom. The molecular formula is C18H18N2O3. The predicted octanol–water partition coefficient (Wildman–Crippen LogP) is 3.02. The molecule has 0 saturated carbocycles. The van der Waals surface area contributed by atoms with Gasteiger partial charge in [0.1, 0.15) is 17.4 Å². The van der Waals surface area contributed by atoms with Gasteiger partial charge in [0.2, 0.25) is 5.91 Å². The number of para-hydroxylation sites is 1. The molecule has 1 atom stereocenters. The summed E-state index contributed by atoms with van der Waals surface area (Å²) in [5, 5.41) is 12.1. The fourth-order valence-electron chi connectivity index (χ4n) is 2.19. The summed E-state index contributed by atoms with van der Waals surface area (Å²) < 4.78 is 10.5. The van der Waals surface area contributed by atoms with Crippen LogP contribution in [0.4, 0.5) is 5.69 Å². The van der Waals surface area contributed by atoms with Gasteiger partial charge in [-0.1, -0.05) is 24.3 Å². The van der Waals surface area contributed by atoms with Crippen LogP contribution in [-0.2, 0) is 11.2 Å². The van der Waals surface area contributed by atoms with Gasteiger partial charge in [0.15, 0.2) is 0 Å². The van der Waals surface area contributed by atoms with Crippen LogP contribution >= 0.6 is 0 Å². The molecule has 2 rings (SSSR count). The Bertz CT molecular complexity index is 708. The highest BCUT2D eigenvalue weighted by molar-refractivity contribution is 5.94. The Morgan fingerprint density at radius 2 is 1.91 bits per heavy atom. The summed E-state index contributed by atoms with van der Waals surface area (Å²) in [6.07, 6.45) is 0.266. The van der Waals surface area contributed by atoms with Crippen molar-refractivity contribution in [3.8, 4) is 17.6 Å². The van der Waals surface area contributed by atoms with Crippen molar-refractivity contribution in [1.82, 2.24) is 0 Å². The number of anilines is 1. The molecule has 0 aliphatic carbocycles. The van der Waals surface area contributed by atoms with Gasteiger partial charge in [-0.25, -0.2) is 0 Å². The summed E-state index contributed by atoms with van der Waals surface area (Å²) in [5.74, 6) is 0.110. The number of benzene rings is 2. The lowest BCUT2D eigenvalue weighted by Gasteiger charge is -2.14. The van der Waals surface area contributed by atoms with E-state index >= 15 is 0 Å². The van der Waals surface area contributed by atoms with E-state index in [1.54, 1.807) is 44.6 Å². The summed E-state index contributed by atoms with van der Waals surface area (Å²) in [6, 6.07) is 16.4. The average molecular weight is 310 g/mol. The van der Waals surface area contributed by atoms with Gasteiger partial charge in [0.05, 0.1) is 20.3 Å². The van der Waals surface area contributed by atoms with Crippen molar-refractivity contribution in [2.75, 3.05) is 19.5 Å². The number of rotatable bonds is 6. The molecule has 0 fully saturated rings. The van der Waals surface area contributed by atoms with Crippen LogP contribution in [0.5, 0.6) is 11.5 Å². The van der Waals surface area contributed by atoms with Crippen molar-refractivity contribution in [3.05, 3.63) is 54.1 Å². The zero-order valence-electron chi connectivity index (χ0n) is 13.1. The van der Waals surface area contributed by atoms with Crippen molar-refractivity contribution < 1.29 is 14.3 Å². The minimum atomic E-state index is -0.808. The van der Waals surface area contributed by atoms with Gasteiger partial charge < -0.3 is 14.8 Å². The second-order valence-electron chi connectivity index (χ2n) is 4.92. The lowest BCUT2D eigenvalue weighted by molar-refractivity contribution is -0.118. The van der Waals surface area contributed by atoms with Crippen molar-refractivity contribution in [3.63, 3.8) is 0 Å². The van der Waals surface area contributed by atoms with Crippen LogP contribution in [0.25, 0.3) is 0 Å². The Morgan fingerprint density at radius 3 is 2.52 bits per heavy atom. The van der Waals surface area contributed by atoms with E-state index in [-0.39, 0.29) is 12.3 Å². The summed E-state index contributed by atoms with van der Waals surface area (Å²) in [6.45, 7) is 0. The van der Waals surface area contributed by atoms with Gasteiger partial charge in [0, 0.05) is 18.2 Å². The molecule has 0 radical (unpaired) electrons. The molecule has 1 unspecified atom stereocenters. The maximum Gasteiger partial charge on any atom is 0.242 e. The predicted molar refractivity (Wildman–Crippen MR) is 87.4 cm³/mol. The molecular weight excluding hydrogens is 292 g/mol. The van der Waals surface area contributed by atoms with Crippen molar-refractivity contribution >= 4 is 11.6 Å². The molecule has 0 bridgehead atoms. The topological polar surface area (TPSA) is 71.3 Å². The fraction of sp³-hybridized carbons (Fsp3) is 0.222. The van der Waals surface area contributed by atoms with Gasteiger partial charge >= 0.3 is 0 Å². The lowest BCUT2D eigenvalue weighted by atomic mass is 9.98. The Kier molecular flexibility index (Phi) is 5.59. The first-order valence-corrected chi connectivity index (χ1v) is 7.14. The molecule has 5 heteroatoms. The first-order valence-electron chi connectivity index (χ1n) is 7.14. The quantitative estimate of drug-likeness (QED) is 0.890. The maximum absolute atomic E-state index is 12.3. The number of methoxy groups -OCH3 is 2. The van der Waals surface area contributed by atoms with Crippen LogP contribution in [0.1, 0.15) is 5.56 Å². The summed E-state index contributed by atoms with van der Waals surface area (Å²) in [4.78, 5) is 12.3. The zero-order valence-corrected chi connectivity index (χ0v) is 13.1. The molecule has 0 spiro atoms. The number of carbonyl (C=O) groups is 1. The number of nitrogens with one attached hydrogen (secondary N) is 1. The number of amides is 1. The SMILES string of the molecule is COc1ccc(CC(C#N)C(=O)Nc2ccccc2)c(OC)c1. The standard InChI is InChI=1S/C18H18N2O3/c1-22-16-9-8-13(17(11-16)23-2)10-14(12-19)18(21)20-15-6-4-3-5-7-15/h3-9,11,14H,10H2,1-2H3,(H,20,21). The molecule has 23 heavy (non-hydrogen) atoms. The number of hydrogen-bond donors (Lipinski definition) is 1. The highest BCUT2D eigenvalue weighted by Gasteiger charge is 2.20. The van der Waals surface area contributed by atoms with Crippen molar-refractivity contribution in [2.24, 2.45) is 5.92 Å². The molecule has 118 valence electrons. The van der Waals surface area contributed by atoms with Crippen LogP contribution in [0.2, 0.25) is 0 Å². The third-order valence-electron chi connectivity index (χ3n) is 3.43. The van der Waals surface area contributed by atoms with Crippen molar-refractivity contribution in [2.45, 2.75) is 6.42 Å². The minimum Gasteiger partial charge on any atom is -0.497 e. The van der Waals surface area contributed by atoms with Gasteiger partial charge in [-0.05, 0) is 23.8 Å². The average Bonchev–Trinajstić information content (AvgIpc) is 2.60. The number of hydrogen-bond acceptors (Lipinski definition) is 4. The van der Waals surface area contributed by atoms with Crippen LogP contribution in [0.15, 0.2) is 48.5 Å². The molecule has 5 nitrogen and oxygen atoms in total. The summed E-state index contributed by atoms with van der Waals surface area (Å²) in [5.41, 5.74) is 1.45. The van der Waals surface area contributed by atoms with E-state index in [1.165, 1.54) is 0 Å². The monoisotopic (exact) mass is 310 g/mol. The molecule has 2 aromatic rings. The smallest absolute Gasteiger partial charge is 0.242 e. The number of nitrogens with zero attached hydrogens (tertiary/aromatic N) is 1. The van der Waals surface area contributed by atoms with E-state index in [0.29, 0.717) is 17.2 Å². The van der Waals surface area contributed by atoms with Crippen LogP contribution < -0.4 is 14.8 Å². The van der Waals surface area contributed by atoms with E-state index in [9.17, 15) is 10.1 Å². The first kappa shape index (κ1) is 16.4. The molecule has 1 N–H and O–H groups in total. The molecule has 0 aliphatic heterocycles. The largest absolute Gasteiger partial charge is 0.497 e.